The normalized spacial score (nSPS) is 14.3. The van der Waals surface area contributed by atoms with Crippen LogP contribution in [-0.2, 0) is 16.1 Å². The average Bonchev–Trinajstić information content (AvgIpc) is 2.75. The summed E-state index contributed by atoms with van der Waals surface area (Å²) in [5, 5.41) is 14.3. The molecule has 8 nitrogen and oxygen atoms in total. The Morgan fingerprint density at radius 1 is 1.13 bits per heavy atom. The minimum absolute atomic E-state index is 0.0430. The first-order valence-corrected chi connectivity index (χ1v) is 9.95. The third kappa shape index (κ3) is 4.94. The molecule has 1 saturated heterocycles. The SMILES string of the molecule is CC(=O)N(C)Cc1ccccc1NC(=O)C1CCN(c2ccccc2[N+](=O)[O-])CC1. The van der Waals surface area contributed by atoms with E-state index in [-0.39, 0.29) is 28.3 Å². The summed E-state index contributed by atoms with van der Waals surface area (Å²) in [4.78, 5) is 38.8. The molecule has 0 saturated carbocycles. The maximum Gasteiger partial charge on any atom is 0.292 e. The van der Waals surface area contributed by atoms with E-state index in [2.05, 4.69) is 5.32 Å². The highest BCUT2D eigenvalue weighted by Crippen LogP contribution is 2.31. The number of nitro benzene ring substituents is 1. The van der Waals surface area contributed by atoms with Crippen molar-refractivity contribution in [3.8, 4) is 0 Å². The van der Waals surface area contributed by atoms with Gasteiger partial charge >= 0.3 is 0 Å². The van der Waals surface area contributed by atoms with E-state index in [1.807, 2.05) is 29.2 Å². The fraction of sp³-hybridized carbons (Fsp3) is 0.364. The number of benzene rings is 2. The topological polar surface area (TPSA) is 95.8 Å². The second kappa shape index (κ2) is 9.39. The van der Waals surface area contributed by atoms with Crippen molar-refractivity contribution in [2.24, 2.45) is 5.92 Å². The molecule has 0 aromatic heterocycles. The summed E-state index contributed by atoms with van der Waals surface area (Å²) in [7, 11) is 1.72. The van der Waals surface area contributed by atoms with E-state index in [1.165, 1.54) is 13.0 Å². The number of nitrogens with zero attached hydrogens (tertiary/aromatic N) is 3. The molecule has 8 heteroatoms. The summed E-state index contributed by atoms with van der Waals surface area (Å²) in [6, 6.07) is 14.2. The van der Waals surface area contributed by atoms with Crippen molar-refractivity contribution in [1.29, 1.82) is 0 Å². The number of piperidine rings is 1. The lowest BCUT2D eigenvalue weighted by molar-refractivity contribution is -0.384. The minimum atomic E-state index is -0.372. The van der Waals surface area contributed by atoms with Gasteiger partial charge in [-0.15, -0.1) is 0 Å². The molecule has 1 fully saturated rings. The Kier molecular flexibility index (Phi) is 6.66. The zero-order valence-corrected chi connectivity index (χ0v) is 17.2. The zero-order chi connectivity index (χ0) is 21.7. The van der Waals surface area contributed by atoms with Gasteiger partial charge in [-0.25, -0.2) is 0 Å². The largest absolute Gasteiger partial charge is 0.366 e. The maximum atomic E-state index is 12.8. The number of para-hydroxylation sites is 3. The van der Waals surface area contributed by atoms with Gasteiger partial charge in [0, 0.05) is 51.3 Å². The number of rotatable bonds is 6. The van der Waals surface area contributed by atoms with Gasteiger partial charge in [0.15, 0.2) is 0 Å². The van der Waals surface area contributed by atoms with Gasteiger partial charge in [-0.05, 0) is 30.5 Å². The second-order valence-electron chi connectivity index (χ2n) is 7.53. The summed E-state index contributed by atoms with van der Waals surface area (Å²) in [5.74, 6) is -0.267. The summed E-state index contributed by atoms with van der Waals surface area (Å²) in [6.07, 6.45) is 1.24. The molecule has 0 aliphatic carbocycles. The van der Waals surface area contributed by atoms with Crippen LogP contribution in [0.4, 0.5) is 17.1 Å². The highest BCUT2D eigenvalue weighted by molar-refractivity contribution is 5.93. The van der Waals surface area contributed by atoms with E-state index in [0.29, 0.717) is 43.9 Å². The molecule has 3 rings (SSSR count). The highest BCUT2D eigenvalue weighted by atomic mass is 16.6. The molecule has 0 radical (unpaired) electrons. The van der Waals surface area contributed by atoms with Crippen LogP contribution in [0, 0.1) is 16.0 Å². The molecular formula is C22H26N4O4. The first-order chi connectivity index (χ1) is 14.4. The lowest BCUT2D eigenvalue weighted by atomic mass is 9.95. The van der Waals surface area contributed by atoms with Gasteiger partial charge in [0.1, 0.15) is 5.69 Å². The number of amides is 2. The lowest BCUT2D eigenvalue weighted by Crippen LogP contribution is -2.38. The number of nitro groups is 1. The van der Waals surface area contributed by atoms with Gasteiger partial charge in [-0.1, -0.05) is 30.3 Å². The van der Waals surface area contributed by atoms with Crippen molar-refractivity contribution < 1.29 is 14.5 Å². The van der Waals surface area contributed by atoms with E-state index < -0.39 is 0 Å². The molecule has 1 aliphatic rings. The average molecular weight is 410 g/mol. The number of carbonyl (C=O) groups excluding carboxylic acids is 2. The third-order valence-corrected chi connectivity index (χ3v) is 5.51. The van der Waals surface area contributed by atoms with Gasteiger partial charge in [0.05, 0.1) is 4.92 Å². The van der Waals surface area contributed by atoms with E-state index in [9.17, 15) is 19.7 Å². The molecule has 2 aromatic rings. The molecule has 0 unspecified atom stereocenters. The Balaban J connectivity index is 1.63. The Hall–Kier alpha value is -3.42. The van der Waals surface area contributed by atoms with E-state index in [1.54, 1.807) is 30.1 Å². The van der Waals surface area contributed by atoms with Crippen LogP contribution in [0.1, 0.15) is 25.3 Å². The molecular weight excluding hydrogens is 384 g/mol. The standard InChI is InChI=1S/C22H26N4O4/c1-16(27)24(2)15-18-7-3-4-8-19(18)23-22(28)17-11-13-25(14-12-17)20-9-5-6-10-21(20)26(29)30/h3-10,17H,11-15H2,1-2H3,(H,23,28). The first kappa shape index (κ1) is 21.3. The molecule has 1 N–H and O–H groups in total. The van der Waals surface area contributed by atoms with Crippen molar-refractivity contribution in [3.05, 3.63) is 64.2 Å². The van der Waals surface area contributed by atoms with Gasteiger partial charge < -0.3 is 15.1 Å². The van der Waals surface area contributed by atoms with Gasteiger partial charge in [0.25, 0.3) is 5.69 Å². The second-order valence-corrected chi connectivity index (χ2v) is 7.53. The third-order valence-electron chi connectivity index (χ3n) is 5.51. The van der Waals surface area contributed by atoms with Gasteiger partial charge in [0.2, 0.25) is 11.8 Å². The van der Waals surface area contributed by atoms with Crippen LogP contribution in [-0.4, -0.2) is 41.8 Å². The van der Waals surface area contributed by atoms with Gasteiger partial charge in [-0.3, -0.25) is 19.7 Å². The molecule has 2 amide bonds. The van der Waals surface area contributed by atoms with E-state index >= 15 is 0 Å². The number of nitrogens with one attached hydrogen (secondary N) is 1. The van der Waals surface area contributed by atoms with Crippen molar-refractivity contribution >= 4 is 28.9 Å². The number of anilines is 2. The summed E-state index contributed by atoms with van der Waals surface area (Å²) in [5.41, 5.74) is 2.26. The molecule has 2 aromatic carbocycles. The zero-order valence-electron chi connectivity index (χ0n) is 17.2. The van der Waals surface area contributed by atoms with E-state index in [0.717, 1.165) is 5.56 Å². The molecule has 1 heterocycles. The fourth-order valence-corrected chi connectivity index (χ4v) is 3.65. The van der Waals surface area contributed by atoms with Crippen molar-refractivity contribution in [2.45, 2.75) is 26.3 Å². The van der Waals surface area contributed by atoms with Gasteiger partial charge in [-0.2, -0.15) is 0 Å². The fourth-order valence-electron chi connectivity index (χ4n) is 3.65. The Labute approximate surface area is 175 Å². The number of carbonyl (C=O) groups is 2. The van der Waals surface area contributed by atoms with Crippen molar-refractivity contribution in [2.75, 3.05) is 30.4 Å². The smallest absolute Gasteiger partial charge is 0.292 e. The van der Waals surface area contributed by atoms with Crippen LogP contribution in [0.3, 0.4) is 0 Å². The molecule has 1 aliphatic heterocycles. The molecule has 30 heavy (non-hydrogen) atoms. The van der Waals surface area contributed by atoms with Crippen LogP contribution in [0.25, 0.3) is 0 Å². The van der Waals surface area contributed by atoms with Crippen LogP contribution in [0.15, 0.2) is 48.5 Å². The highest BCUT2D eigenvalue weighted by Gasteiger charge is 2.28. The number of hydrogen-bond acceptors (Lipinski definition) is 5. The first-order valence-electron chi connectivity index (χ1n) is 9.95. The molecule has 0 bridgehead atoms. The minimum Gasteiger partial charge on any atom is -0.366 e. The summed E-state index contributed by atoms with van der Waals surface area (Å²) in [6.45, 7) is 3.09. The molecule has 158 valence electrons. The Morgan fingerprint density at radius 2 is 1.77 bits per heavy atom. The predicted octanol–water partition coefficient (Wildman–Crippen LogP) is 3.43. The maximum absolute atomic E-state index is 12.8. The Bertz CT molecular complexity index is 938. The van der Waals surface area contributed by atoms with Crippen molar-refractivity contribution in [3.63, 3.8) is 0 Å². The van der Waals surface area contributed by atoms with Crippen LogP contribution < -0.4 is 10.2 Å². The van der Waals surface area contributed by atoms with Crippen LogP contribution in [0.2, 0.25) is 0 Å². The molecule has 0 atom stereocenters. The monoisotopic (exact) mass is 410 g/mol. The van der Waals surface area contributed by atoms with Crippen LogP contribution in [0.5, 0.6) is 0 Å². The lowest BCUT2D eigenvalue weighted by Gasteiger charge is -2.32. The van der Waals surface area contributed by atoms with Crippen molar-refractivity contribution in [1.82, 2.24) is 4.90 Å². The Morgan fingerprint density at radius 3 is 2.43 bits per heavy atom. The predicted molar refractivity (Wildman–Crippen MR) is 115 cm³/mol. The summed E-state index contributed by atoms with van der Waals surface area (Å²) < 4.78 is 0. The number of hydrogen-bond donors (Lipinski definition) is 1. The summed E-state index contributed by atoms with van der Waals surface area (Å²) >= 11 is 0. The molecule has 0 spiro atoms. The van der Waals surface area contributed by atoms with E-state index in [4.69, 9.17) is 0 Å². The quantitative estimate of drug-likeness (QED) is 0.581. The van der Waals surface area contributed by atoms with Crippen LogP contribution >= 0.6 is 0 Å².